The van der Waals surface area contributed by atoms with Crippen LogP contribution in [-0.2, 0) is 35.8 Å². The van der Waals surface area contributed by atoms with E-state index in [1.165, 1.54) is 89.2 Å². The van der Waals surface area contributed by atoms with Crippen molar-refractivity contribution in [3.05, 3.63) is 36.4 Å². The van der Waals surface area contributed by atoms with E-state index in [0.717, 1.165) is 0 Å². The highest BCUT2D eigenvalue weighted by molar-refractivity contribution is 6.25. The molecule has 0 aliphatic carbocycles. The first-order valence-corrected chi connectivity index (χ1v) is 12.8. The molecule has 0 aliphatic rings. The van der Waals surface area contributed by atoms with Crippen molar-refractivity contribution in [2.75, 3.05) is 0 Å². The number of carboxylic acids is 2. The van der Waals surface area contributed by atoms with Crippen molar-refractivity contribution in [2.24, 2.45) is 0 Å². The van der Waals surface area contributed by atoms with Gasteiger partial charge in [0.05, 0.1) is 38.1 Å². The van der Waals surface area contributed by atoms with Crippen LogP contribution in [0.5, 0.6) is 0 Å². The van der Waals surface area contributed by atoms with Crippen LogP contribution in [0.25, 0.3) is 0 Å². The summed E-state index contributed by atoms with van der Waals surface area (Å²) in [5.41, 5.74) is 0. The summed E-state index contributed by atoms with van der Waals surface area (Å²) in [6.45, 7) is 18.1. The molecule has 0 spiro atoms. The van der Waals surface area contributed by atoms with E-state index in [0.29, 0.717) is 0 Å². The number of hydrogen-bond donors (Lipinski definition) is 0. The second-order valence-electron chi connectivity index (χ2n) is 8.45. The Balaban J connectivity index is 0.000000521. The lowest BCUT2D eigenvalue weighted by atomic mass is 10.3. The minimum absolute atomic E-state index is 1.17. The van der Waals surface area contributed by atoms with Crippen LogP contribution in [-0.4, -0.2) is 21.1 Å². The van der Waals surface area contributed by atoms with Crippen LogP contribution >= 0.6 is 0 Å². The van der Waals surface area contributed by atoms with E-state index in [4.69, 9.17) is 19.8 Å². The van der Waals surface area contributed by atoms with Gasteiger partial charge < -0.3 is 19.8 Å². The molecule has 0 saturated heterocycles. The van der Waals surface area contributed by atoms with E-state index < -0.39 is 11.9 Å². The molecule has 0 aliphatic heterocycles. The summed E-state index contributed by atoms with van der Waals surface area (Å²) >= 11 is 0. The van der Waals surface area contributed by atoms with Gasteiger partial charge in [-0.25, -0.2) is 18.3 Å². The molecule has 34 heavy (non-hydrogen) atoms. The first kappa shape index (κ1) is 31.4. The van der Waals surface area contributed by atoms with Gasteiger partial charge in [-0.1, -0.05) is 53.4 Å². The minimum atomic E-state index is -2.19. The van der Waals surface area contributed by atoms with Crippen LogP contribution < -0.4 is 19.3 Å². The number of aromatic nitrogens is 4. The normalized spacial score (nSPS) is 10.2. The summed E-state index contributed by atoms with van der Waals surface area (Å²) in [7, 11) is 0. The van der Waals surface area contributed by atoms with Crippen LogP contribution in [0.3, 0.4) is 0 Å². The quantitative estimate of drug-likeness (QED) is 0.343. The van der Waals surface area contributed by atoms with Crippen LogP contribution in [0, 0.1) is 13.8 Å². The molecular weight excluding hydrogens is 432 g/mol. The van der Waals surface area contributed by atoms with Gasteiger partial charge in [0.15, 0.2) is 0 Å². The highest BCUT2D eigenvalue weighted by Crippen LogP contribution is 2.00. The van der Waals surface area contributed by atoms with E-state index in [1.54, 1.807) is 0 Å². The maximum Gasteiger partial charge on any atom is 0.253 e. The SMILES string of the molecule is CCCCn1cc[n+](CCCC)c1C.CCCCn1cc[n+](CCCC)c1C.O=C([O-])C(=O)[O-]. The molecule has 8 nitrogen and oxygen atoms in total. The van der Waals surface area contributed by atoms with Crippen molar-refractivity contribution in [3.63, 3.8) is 0 Å². The van der Waals surface area contributed by atoms with E-state index in [-0.39, 0.29) is 0 Å². The van der Waals surface area contributed by atoms with Crippen molar-refractivity contribution in [1.82, 2.24) is 9.13 Å². The Morgan fingerprint density at radius 3 is 1.26 bits per heavy atom. The largest absolute Gasteiger partial charge is 0.543 e. The third kappa shape index (κ3) is 12.6. The first-order valence-electron chi connectivity index (χ1n) is 12.8. The Bertz CT molecular complexity index is 708. The summed E-state index contributed by atoms with van der Waals surface area (Å²) in [4.78, 5) is 17.9. The summed E-state index contributed by atoms with van der Waals surface area (Å²) in [6, 6.07) is 0. The standard InChI is InChI=1S/2C12H23N2.C2H2O4/c2*1-4-6-8-13-10-11-14(12(13)3)9-7-5-2;3-1(4)2(5)6/h2*10-11H,4-9H2,1-3H3;(H,3,4)(H,5,6)/q2*+1;/p-2. The predicted molar refractivity (Wildman–Crippen MR) is 128 cm³/mol. The summed E-state index contributed by atoms with van der Waals surface area (Å²) in [6.07, 6.45) is 19.0. The molecule has 8 heteroatoms. The molecule has 0 N–H and O–H groups in total. The average Bonchev–Trinajstić information content (AvgIpc) is 3.35. The molecule has 0 unspecified atom stereocenters. The monoisotopic (exact) mass is 478 g/mol. The first-order chi connectivity index (χ1) is 16.2. The molecule has 0 fully saturated rings. The fourth-order valence-corrected chi connectivity index (χ4v) is 3.34. The van der Waals surface area contributed by atoms with Gasteiger partial charge in [-0.15, -0.1) is 0 Å². The maximum atomic E-state index is 8.93. The Hall–Kier alpha value is -2.64. The molecule has 2 aromatic rings. The van der Waals surface area contributed by atoms with Gasteiger partial charge in [0, 0.05) is 13.8 Å². The molecule has 0 amide bonds. The molecule has 194 valence electrons. The van der Waals surface area contributed by atoms with Gasteiger partial charge >= 0.3 is 0 Å². The van der Waals surface area contributed by atoms with E-state index >= 15 is 0 Å². The maximum absolute atomic E-state index is 8.93. The van der Waals surface area contributed by atoms with Crippen molar-refractivity contribution >= 4 is 11.9 Å². The molecule has 2 rings (SSSR count). The highest BCUT2D eigenvalue weighted by atomic mass is 16.4. The number of rotatable bonds is 12. The Labute approximate surface area is 205 Å². The van der Waals surface area contributed by atoms with E-state index in [9.17, 15) is 0 Å². The fourth-order valence-electron chi connectivity index (χ4n) is 3.34. The van der Waals surface area contributed by atoms with Gasteiger partial charge in [-0.05, 0) is 25.7 Å². The molecule has 0 saturated carbocycles. The zero-order valence-corrected chi connectivity index (χ0v) is 22.2. The number of unbranched alkanes of at least 4 members (excludes halogenated alkanes) is 4. The van der Waals surface area contributed by atoms with E-state index in [1.807, 2.05) is 0 Å². The zero-order chi connectivity index (χ0) is 25.9. The molecule has 0 atom stereocenters. The molecule has 0 radical (unpaired) electrons. The van der Waals surface area contributed by atoms with Gasteiger partial charge in [0.1, 0.15) is 24.8 Å². The van der Waals surface area contributed by atoms with Gasteiger partial charge in [0.25, 0.3) is 11.6 Å². The number of aryl methyl sites for hydroxylation is 4. The third-order valence-corrected chi connectivity index (χ3v) is 5.69. The summed E-state index contributed by atoms with van der Waals surface area (Å²) in [5, 5.41) is 17.9. The zero-order valence-electron chi connectivity index (χ0n) is 22.2. The smallest absolute Gasteiger partial charge is 0.253 e. The topological polar surface area (TPSA) is 97.9 Å². The van der Waals surface area contributed by atoms with Crippen molar-refractivity contribution in [3.8, 4) is 0 Å². The number of hydrogen-bond acceptors (Lipinski definition) is 4. The average molecular weight is 479 g/mol. The van der Waals surface area contributed by atoms with Gasteiger partial charge in [-0.2, -0.15) is 0 Å². The Kier molecular flexibility index (Phi) is 17.3. The number of carbonyl (C=O) groups excluding carboxylic acids is 2. The second kappa shape index (κ2) is 18.7. The van der Waals surface area contributed by atoms with Crippen LogP contribution in [0.15, 0.2) is 24.8 Å². The van der Waals surface area contributed by atoms with Crippen LogP contribution in [0.2, 0.25) is 0 Å². The molecule has 0 aromatic carbocycles. The van der Waals surface area contributed by atoms with Crippen molar-refractivity contribution < 1.29 is 28.9 Å². The van der Waals surface area contributed by atoms with E-state index in [2.05, 4.69) is 84.6 Å². The second-order valence-corrected chi connectivity index (χ2v) is 8.45. The lowest BCUT2D eigenvalue weighted by Gasteiger charge is -1.99. The third-order valence-electron chi connectivity index (χ3n) is 5.69. The van der Waals surface area contributed by atoms with Crippen molar-refractivity contribution in [1.29, 1.82) is 0 Å². The number of nitrogens with zero attached hydrogens (tertiary/aromatic N) is 4. The number of imidazole rings is 2. The fraction of sp³-hybridized carbons (Fsp3) is 0.692. The highest BCUT2D eigenvalue weighted by Gasteiger charge is 2.11. The molecule has 2 aromatic heterocycles. The molecule has 2 heterocycles. The van der Waals surface area contributed by atoms with Crippen LogP contribution in [0.1, 0.15) is 90.7 Å². The summed E-state index contributed by atoms with van der Waals surface area (Å²) < 4.78 is 9.44. The molecule has 0 bridgehead atoms. The van der Waals surface area contributed by atoms with Gasteiger partial charge in [-0.3, -0.25) is 0 Å². The number of carboxylic acid groups (broad SMARTS) is 2. The number of carbonyl (C=O) groups is 2. The predicted octanol–water partition coefficient (Wildman–Crippen LogP) is 1.85. The molecular formula is C26H46N4O4. The van der Waals surface area contributed by atoms with Crippen LogP contribution in [0.4, 0.5) is 0 Å². The Morgan fingerprint density at radius 2 is 1.00 bits per heavy atom. The number of aliphatic carboxylic acids is 2. The van der Waals surface area contributed by atoms with Crippen molar-refractivity contribution in [2.45, 2.75) is 119 Å². The minimum Gasteiger partial charge on any atom is -0.543 e. The lowest BCUT2D eigenvalue weighted by molar-refractivity contribution is -0.703. The lowest BCUT2D eigenvalue weighted by Crippen LogP contribution is -2.42. The Morgan fingerprint density at radius 1 is 0.676 bits per heavy atom. The van der Waals surface area contributed by atoms with Gasteiger partial charge in [0.2, 0.25) is 0 Å². The summed E-state index contributed by atoms with van der Waals surface area (Å²) in [5.74, 6) is -1.58.